The van der Waals surface area contributed by atoms with Crippen LogP contribution in [0.15, 0.2) is 24.3 Å². The lowest BCUT2D eigenvalue weighted by atomic mass is 10.2. The van der Waals surface area contributed by atoms with E-state index in [0.29, 0.717) is 5.82 Å². The van der Waals surface area contributed by atoms with Crippen LogP contribution in [0.25, 0.3) is 5.69 Å². The quantitative estimate of drug-likeness (QED) is 0.745. The standard InChI is InChI=1S/C11H12N2O2/c1-7-5-3-4-6-9(7)13-8(2)12-10(14)11(13)15/h3-6,14-15H,1-2H3. The third kappa shape index (κ3) is 1.44. The second-order valence-corrected chi connectivity index (χ2v) is 3.43. The first-order valence-electron chi connectivity index (χ1n) is 4.64. The summed E-state index contributed by atoms with van der Waals surface area (Å²) in [5, 5.41) is 18.9. The molecular formula is C11H12N2O2. The van der Waals surface area contributed by atoms with Gasteiger partial charge in [-0.3, -0.25) is 4.57 Å². The average molecular weight is 204 g/mol. The van der Waals surface area contributed by atoms with E-state index >= 15 is 0 Å². The summed E-state index contributed by atoms with van der Waals surface area (Å²) < 4.78 is 1.52. The molecule has 1 aromatic carbocycles. The lowest BCUT2D eigenvalue weighted by Crippen LogP contribution is -1.98. The monoisotopic (exact) mass is 204 g/mol. The zero-order valence-corrected chi connectivity index (χ0v) is 8.60. The van der Waals surface area contributed by atoms with Crippen LogP contribution in [0.1, 0.15) is 11.4 Å². The molecule has 2 N–H and O–H groups in total. The number of nitrogens with zero attached hydrogens (tertiary/aromatic N) is 2. The summed E-state index contributed by atoms with van der Waals surface area (Å²) in [7, 11) is 0. The fourth-order valence-electron chi connectivity index (χ4n) is 1.61. The van der Waals surface area contributed by atoms with Gasteiger partial charge in [0.15, 0.2) is 0 Å². The molecule has 2 rings (SSSR count). The topological polar surface area (TPSA) is 58.3 Å². The highest BCUT2D eigenvalue weighted by Gasteiger charge is 2.14. The predicted octanol–water partition coefficient (Wildman–Crippen LogP) is 1.90. The number of imidazole rings is 1. The van der Waals surface area contributed by atoms with Gasteiger partial charge in [0, 0.05) is 0 Å². The second-order valence-electron chi connectivity index (χ2n) is 3.43. The Morgan fingerprint density at radius 3 is 2.33 bits per heavy atom. The summed E-state index contributed by atoms with van der Waals surface area (Å²) in [4.78, 5) is 3.80. The van der Waals surface area contributed by atoms with E-state index in [0.717, 1.165) is 11.3 Å². The van der Waals surface area contributed by atoms with E-state index in [9.17, 15) is 10.2 Å². The van der Waals surface area contributed by atoms with Gasteiger partial charge in [0.1, 0.15) is 5.82 Å². The molecule has 0 bridgehead atoms. The lowest BCUT2D eigenvalue weighted by molar-refractivity contribution is 0.379. The van der Waals surface area contributed by atoms with Crippen molar-refractivity contribution in [3.05, 3.63) is 35.7 Å². The van der Waals surface area contributed by atoms with Crippen molar-refractivity contribution in [1.82, 2.24) is 9.55 Å². The Balaban J connectivity index is 2.69. The van der Waals surface area contributed by atoms with Crippen molar-refractivity contribution in [2.75, 3.05) is 0 Å². The summed E-state index contributed by atoms with van der Waals surface area (Å²) >= 11 is 0. The van der Waals surface area contributed by atoms with Gasteiger partial charge in [-0.05, 0) is 25.5 Å². The number of rotatable bonds is 1. The van der Waals surface area contributed by atoms with Crippen LogP contribution in [0.5, 0.6) is 11.8 Å². The van der Waals surface area contributed by atoms with Gasteiger partial charge in [0.05, 0.1) is 5.69 Å². The van der Waals surface area contributed by atoms with Crippen molar-refractivity contribution < 1.29 is 10.2 Å². The van der Waals surface area contributed by atoms with Gasteiger partial charge < -0.3 is 10.2 Å². The molecular weight excluding hydrogens is 192 g/mol. The summed E-state index contributed by atoms with van der Waals surface area (Å²) in [6, 6.07) is 7.59. The number of para-hydroxylation sites is 1. The molecule has 0 spiro atoms. The molecule has 1 aromatic heterocycles. The molecule has 0 fully saturated rings. The van der Waals surface area contributed by atoms with Crippen LogP contribution in [0, 0.1) is 13.8 Å². The first-order valence-corrected chi connectivity index (χ1v) is 4.64. The highest BCUT2D eigenvalue weighted by molar-refractivity contribution is 5.46. The Hall–Kier alpha value is -1.97. The Labute approximate surface area is 87.4 Å². The maximum absolute atomic E-state index is 9.65. The molecule has 0 radical (unpaired) electrons. The Morgan fingerprint density at radius 1 is 1.13 bits per heavy atom. The SMILES string of the molecule is Cc1ccccc1-n1c(C)nc(O)c1O. The molecule has 0 aliphatic carbocycles. The number of aryl methyl sites for hydroxylation is 2. The predicted molar refractivity (Wildman–Crippen MR) is 56.4 cm³/mol. The number of aromatic hydroxyl groups is 2. The molecule has 78 valence electrons. The van der Waals surface area contributed by atoms with Gasteiger partial charge in [-0.1, -0.05) is 18.2 Å². The van der Waals surface area contributed by atoms with Crippen molar-refractivity contribution in [3.8, 4) is 17.4 Å². The van der Waals surface area contributed by atoms with Gasteiger partial charge in [-0.25, -0.2) is 0 Å². The molecule has 15 heavy (non-hydrogen) atoms. The van der Waals surface area contributed by atoms with Crippen LogP contribution in [-0.2, 0) is 0 Å². The van der Waals surface area contributed by atoms with Crippen molar-refractivity contribution >= 4 is 0 Å². The smallest absolute Gasteiger partial charge is 0.275 e. The largest absolute Gasteiger partial charge is 0.490 e. The van der Waals surface area contributed by atoms with E-state index in [2.05, 4.69) is 4.98 Å². The van der Waals surface area contributed by atoms with Crippen LogP contribution < -0.4 is 0 Å². The summed E-state index contributed by atoms with van der Waals surface area (Å²) in [5.74, 6) is -0.00291. The first kappa shape index (κ1) is 9.58. The van der Waals surface area contributed by atoms with Crippen LogP contribution in [-0.4, -0.2) is 19.8 Å². The molecule has 0 amide bonds. The third-order valence-corrected chi connectivity index (χ3v) is 2.36. The van der Waals surface area contributed by atoms with E-state index in [1.807, 2.05) is 31.2 Å². The fourth-order valence-corrected chi connectivity index (χ4v) is 1.61. The zero-order chi connectivity index (χ0) is 11.0. The maximum atomic E-state index is 9.65. The second kappa shape index (κ2) is 3.31. The molecule has 4 heteroatoms. The number of aromatic nitrogens is 2. The molecule has 0 atom stereocenters. The Kier molecular flexibility index (Phi) is 2.11. The van der Waals surface area contributed by atoms with Crippen LogP contribution in [0.3, 0.4) is 0 Å². The molecule has 2 aromatic rings. The highest BCUT2D eigenvalue weighted by Crippen LogP contribution is 2.29. The molecule has 4 nitrogen and oxygen atoms in total. The van der Waals surface area contributed by atoms with E-state index < -0.39 is 0 Å². The van der Waals surface area contributed by atoms with E-state index in [4.69, 9.17) is 0 Å². The minimum atomic E-state index is -0.337. The van der Waals surface area contributed by atoms with Crippen LogP contribution in [0.4, 0.5) is 0 Å². The van der Waals surface area contributed by atoms with Gasteiger partial charge in [0.25, 0.3) is 11.8 Å². The van der Waals surface area contributed by atoms with Crippen molar-refractivity contribution in [1.29, 1.82) is 0 Å². The Morgan fingerprint density at radius 2 is 1.80 bits per heavy atom. The maximum Gasteiger partial charge on any atom is 0.275 e. The molecule has 0 aliphatic heterocycles. The molecule has 0 unspecified atom stereocenters. The van der Waals surface area contributed by atoms with Crippen molar-refractivity contribution in [3.63, 3.8) is 0 Å². The van der Waals surface area contributed by atoms with Crippen molar-refractivity contribution in [2.45, 2.75) is 13.8 Å². The molecule has 0 saturated carbocycles. The van der Waals surface area contributed by atoms with E-state index in [1.54, 1.807) is 6.92 Å². The van der Waals surface area contributed by atoms with Gasteiger partial charge >= 0.3 is 0 Å². The normalized spacial score (nSPS) is 10.5. The number of hydrogen-bond acceptors (Lipinski definition) is 3. The van der Waals surface area contributed by atoms with E-state index in [1.165, 1.54) is 4.57 Å². The van der Waals surface area contributed by atoms with Gasteiger partial charge in [-0.15, -0.1) is 0 Å². The fraction of sp³-hybridized carbons (Fsp3) is 0.182. The minimum absolute atomic E-state index is 0.221. The minimum Gasteiger partial charge on any atom is -0.490 e. The third-order valence-electron chi connectivity index (χ3n) is 2.36. The Bertz CT molecular complexity index is 503. The molecule has 0 saturated heterocycles. The summed E-state index contributed by atoms with van der Waals surface area (Å²) in [5.41, 5.74) is 1.83. The van der Waals surface area contributed by atoms with Crippen LogP contribution >= 0.6 is 0 Å². The van der Waals surface area contributed by atoms with Crippen molar-refractivity contribution in [2.24, 2.45) is 0 Å². The zero-order valence-electron chi connectivity index (χ0n) is 8.60. The summed E-state index contributed by atoms with van der Waals surface area (Å²) in [6.45, 7) is 3.66. The lowest BCUT2D eigenvalue weighted by Gasteiger charge is -2.08. The van der Waals surface area contributed by atoms with Gasteiger partial charge in [0.2, 0.25) is 0 Å². The highest BCUT2D eigenvalue weighted by atomic mass is 16.3. The van der Waals surface area contributed by atoms with Gasteiger partial charge in [-0.2, -0.15) is 4.98 Å². The molecule has 1 heterocycles. The number of benzene rings is 1. The molecule has 0 aliphatic rings. The van der Waals surface area contributed by atoms with E-state index in [-0.39, 0.29) is 11.8 Å². The average Bonchev–Trinajstić information content (AvgIpc) is 2.43. The number of hydrogen-bond donors (Lipinski definition) is 2. The summed E-state index contributed by atoms with van der Waals surface area (Å²) in [6.07, 6.45) is 0. The first-order chi connectivity index (χ1) is 7.11. The van der Waals surface area contributed by atoms with Crippen LogP contribution in [0.2, 0.25) is 0 Å².